The Hall–Kier alpha value is -0.545. The molecule has 0 aliphatic rings. The van der Waals surface area contributed by atoms with Gasteiger partial charge < -0.3 is 15.2 Å². The standard InChI is InChI=1S/C2H4O2.BH2O2/c1-2(3)4;2-1-3/h1H3,(H,3,4);2-3H. The summed E-state index contributed by atoms with van der Waals surface area (Å²) in [5.74, 6) is -0.833. The zero-order valence-corrected chi connectivity index (χ0v) is 3.83. The van der Waals surface area contributed by atoms with Crippen LogP contribution in [0.15, 0.2) is 0 Å². The van der Waals surface area contributed by atoms with Gasteiger partial charge in [-0.3, -0.25) is 4.79 Å². The molecule has 1 radical (unpaired) electrons. The molecule has 0 spiro atoms. The lowest BCUT2D eigenvalue weighted by Gasteiger charge is -1.59. The van der Waals surface area contributed by atoms with Crippen molar-refractivity contribution in [1.82, 2.24) is 0 Å². The minimum atomic E-state index is -0.833. The van der Waals surface area contributed by atoms with Gasteiger partial charge in [-0.2, -0.15) is 0 Å². The summed E-state index contributed by atoms with van der Waals surface area (Å²) in [6.45, 7) is 1.08. The van der Waals surface area contributed by atoms with E-state index in [-0.39, 0.29) is 7.69 Å². The van der Waals surface area contributed by atoms with Gasteiger partial charge >= 0.3 is 7.69 Å². The number of aliphatic carboxylic acids is 1. The first kappa shape index (κ1) is 9.68. The molecule has 0 heterocycles. The molecule has 3 N–H and O–H groups in total. The van der Waals surface area contributed by atoms with E-state index in [2.05, 4.69) is 0 Å². The van der Waals surface area contributed by atoms with Gasteiger partial charge in [-0.05, 0) is 0 Å². The third-order valence-electron chi connectivity index (χ3n) is 0. The Bertz CT molecular complexity index is 41.0. The van der Waals surface area contributed by atoms with Gasteiger partial charge in [0.25, 0.3) is 5.97 Å². The van der Waals surface area contributed by atoms with E-state index >= 15 is 0 Å². The average Bonchev–Trinajstić information content (AvgIpc) is 1.33. The van der Waals surface area contributed by atoms with Crippen LogP contribution < -0.4 is 0 Å². The molecule has 0 aromatic heterocycles. The molecule has 0 saturated carbocycles. The lowest BCUT2D eigenvalue weighted by atomic mass is 10.5. The number of carbonyl (C=O) groups is 1. The van der Waals surface area contributed by atoms with Crippen molar-refractivity contribution in [2.75, 3.05) is 0 Å². The maximum absolute atomic E-state index is 9.00. The molecular formula is C2H6BO4. The van der Waals surface area contributed by atoms with Crippen molar-refractivity contribution >= 4 is 13.7 Å². The largest absolute Gasteiger partial charge is 0.482 e. The highest BCUT2D eigenvalue weighted by atomic mass is 16.4. The molecule has 7 heavy (non-hydrogen) atoms. The molecule has 0 aliphatic heterocycles. The molecule has 41 valence electrons. The number of carboxylic acids is 1. The maximum atomic E-state index is 9.00. The minimum absolute atomic E-state index is 0. The van der Waals surface area contributed by atoms with Crippen LogP contribution in [0, 0.1) is 0 Å². The van der Waals surface area contributed by atoms with Crippen LogP contribution in [-0.4, -0.2) is 28.8 Å². The van der Waals surface area contributed by atoms with Crippen LogP contribution >= 0.6 is 0 Å². The molecule has 4 nitrogen and oxygen atoms in total. The number of rotatable bonds is 0. The molecule has 0 aliphatic carbocycles. The fourth-order valence-electron chi connectivity index (χ4n) is 0. The molecule has 0 rings (SSSR count). The van der Waals surface area contributed by atoms with Crippen molar-refractivity contribution < 1.29 is 19.9 Å². The number of hydrogen-bond donors (Lipinski definition) is 3. The molecule has 0 bridgehead atoms. The summed E-state index contributed by atoms with van der Waals surface area (Å²) in [6, 6.07) is 0. The number of carboxylic acid groups (broad SMARTS) is 1. The van der Waals surface area contributed by atoms with E-state index in [0.717, 1.165) is 6.92 Å². The fourth-order valence-corrected chi connectivity index (χ4v) is 0. The zero-order chi connectivity index (χ0) is 6.28. The average molecular weight is 105 g/mol. The zero-order valence-electron chi connectivity index (χ0n) is 3.83. The summed E-state index contributed by atoms with van der Waals surface area (Å²) < 4.78 is 0. The second-order valence-corrected chi connectivity index (χ2v) is 0.634. The first-order chi connectivity index (χ1) is 3.15. The molecule has 5 heteroatoms. The summed E-state index contributed by atoms with van der Waals surface area (Å²) in [5.41, 5.74) is 0. The Morgan fingerprint density at radius 2 is 1.57 bits per heavy atom. The summed E-state index contributed by atoms with van der Waals surface area (Å²) in [6.07, 6.45) is 0. The third kappa shape index (κ3) is 219. The van der Waals surface area contributed by atoms with Crippen molar-refractivity contribution in [1.29, 1.82) is 0 Å². The van der Waals surface area contributed by atoms with E-state index in [9.17, 15) is 0 Å². The Morgan fingerprint density at radius 1 is 1.57 bits per heavy atom. The molecule has 0 atom stereocenters. The van der Waals surface area contributed by atoms with Crippen molar-refractivity contribution in [3.8, 4) is 0 Å². The van der Waals surface area contributed by atoms with Crippen LogP contribution in [0.2, 0.25) is 0 Å². The summed E-state index contributed by atoms with van der Waals surface area (Å²) in [7, 11) is 0. The molecular weight excluding hydrogens is 98.8 g/mol. The Morgan fingerprint density at radius 3 is 1.57 bits per heavy atom. The van der Waals surface area contributed by atoms with E-state index in [1.165, 1.54) is 0 Å². The topological polar surface area (TPSA) is 77.8 Å². The van der Waals surface area contributed by atoms with Gasteiger partial charge in [-0.1, -0.05) is 0 Å². The monoisotopic (exact) mass is 105 g/mol. The maximum Gasteiger partial charge on any atom is 0.482 e. The Balaban J connectivity index is 0. The summed E-state index contributed by atoms with van der Waals surface area (Å²) in [4.78, 5) is 9.00. The van der Waals surface area contributed by atoms with Crippen molar-refractivity contribution in [3.63, 3.8) is 0 Å². The molecule has 0 saturated heterocycles. The normalized spacial score (nSPS) is 5.57. The van der Waals surface area contributed by atoms with Gasteiger partial charge in [0.05, 0.1) is 0 Å². The van der Waals surface area contributed by atoms with Crippen molar-refractivity contribution in [2.45, 2.75) is 6.92 Å². The Labute approximate surface area is 41.7 Å². The highest BCUT2D eigenvalue weighted by molar-refractivity contribution is 6.13. The van der Waals surface area contributed by atoms with E-state index in [0.29, 0.717) is 0 Å². The van der Waals surface area contributed by atoms with Crippen LogP contribution in [-0.2, 0) is 4.79 Å². The van der Waals surface area contributed by atoms with Gasteiger partial charge in [-0.25, -0.2) is 0 Å². The number of hydrogen-bond acceptors (Lipinski definition) is 3. The van der Waals surface area contributed by atoms with Crippen LogP contribution in [0.5, 0.6) is 0 Å². The van der Waals surface area contributed by atoms with E-state index in [1.807, 2.05) is 0 Å². The van der Waals surface area contributed by atoms with E-state index < -0.39 is 5.97 Å². The minimum Gasteiger partial charge on any atom is -0.481 e. The van der Waals surface area contributed by atoms with Crippen LogP contribution in [0.1, 0.15) is 6.92 Å². The van der Waals surface area contributed by atoms with Crippen molar-refractivity contribution in [2.24, 2.45) is 0 Å². The van der Waals surface area contributed by atoms with Crippen LogP contribution in [0.3, 0.4) is 0 Å². The quantitative estimate of drug-likeness (QED) is 0.331. The smallest absolute Gasteiger partial charge is 0.481 e. The second kappa shape index (κ2) is 9.07. The lowest BCUT2D eigenvalue weighted by molar-refractivity contribution is -0.134. The highest BCUT2D eigenvalue weighted by Crippen LogP contribution is 1.42. The summed E-state index contributed by atoms with van der Waals surface area (Å²) >= 11 is 0. The van der Waals surface area contributed by atoms with Crippen LogP contribution in [0.25, 0.3) is 0 Å². The predicted molar refractivity (Wildman–Crippen MR) is 23.5 cm³/mol. The lowest BCUT2D eigenvalue weighted by Crippen LogP contribution is -1.78. The van der Waals surface area contributed by atoms with E-state index in [4.69, 9.17) is 19.9 Å². The van der Waals surface area contributed by atoms with Crippen LogP contribution in [0.4, 0.5) is 0 Å². The first-order valence-corrected chi connectivity index (χ1v) is 1.44. The highest BCUT2D eigenvalue weighted by Gasteiger charge is 1.65. The van der Waals surface area contributed by atoms with E-state index in [1.54, 1.807) is 0 Å². The molecule has 0 unspecified atom stereocenters. The second-order valence-electron chi connectivity index (χ2n) is 0.634. The Kier molecular flexibility index (Phi) is 12.5. The molecule has 0 amide bonds. The molecule has 0 aromatic rings. The fraction of sp³-hybridized carbons (Fsp3) is 0.500. The predicted octanol–water partition coefficient (Wildman–Crippen LogP) is -1.40. The van der Waals surface area contributed by atoms with Gasteiger partial charge in [-0.15, -0.1) is 0 Å². The molecule has 0 fully saturated rings. The van der Waals surface area contributed by atoms with Gasteiger partial charge in [0.1, 0.15) is 0 Å². The van der Waals surface area contributed by atoms with Gasteiger partial charge in [0.15, 0.2) is 0 Å². The van der Waals surface area contributed by atoms with Crippen molar-refractivity contribution in [3.05, 3.63) is 0 Å². The first-order valence-electron chi connectivity index (χ1n) is 1.44. The third-order valence-corrected chi connectivity index (χ3v) is 0. The molecule has 0 aromatic carbocycles. The SMILES string of the molecule is CC(=O)O.O[B]O. The summed E-state index contributed by atoms with van der Waals surface area (Å²) in [5, 5.41) is 21.4. The van der Waals surface area contributed by atoms with Gasteiger partial charge in [0.2, 0.25) is 0 Å². The van der Waals surface area contributed by atoms with Gasteiger partial charge in [0, 0.05) is 6.92 Å².